The Balaban J connectivity index is 1.87. The Morgan fingerprint density at radius 2 is 1.90 bits per heavy atom. The third-order valence-electron chi connectivity index (χ3n) is 3.52. The lowest BCUT2D eigenvalue weighted by atomic mass is 10.2. The van der Waals surface area contributed by atoms with E-state index in [4.69, 9.17) is 0 Å². The number of nitrogens with zero attached hydrogens (tertiary/aromatic N) is 1. The van der Waals surface area contributed by atoms with Crippen molar-refractivity contribution in [3.05, 3.63) is 40.8 Å². The molecule has 0 saturated carbocycles. The van der Waals surface area contributed by atoms with Gasteiger partial charge in [-0.05, 0) is 37.6 Å². The summed E-state index contributed by atoms with van der Waals surface area (Å²) < 4.78 is 1.42. The predicted octanol–water partition coefficient (Wildman–Crippen LogP) is 3.93. The van der Waals surface area contributed by atoms with Crippen molar-refractivity contribution in [3.63, 3.8) is 0 Å². The summed E-state index contributed by atoms with van der Waals surface area (Å²) in [5.74, 6) is 0. The lowest BCUT2D eigenvalue weighted by Crippen LogP contribution is -2.43. The van der Waals surface area contributed by atoms with Gasteiger partial charge in [-0.2, -0.15) is 0 Å². The zero-order valence-corrected chi connectivity index (χ0v) is 13.6. The Hall–Kier alpha value is -0.970. The Labute approximate surface area is 129 Å². The first-order valence-corrected chi connectivity index (χ1v) is 8.67. The van der Waals surface area contributed by atoms with Crippen LogP contribution in [0.2, 0.25) is 0 Å². The molecule has 1 fully saturated rings. The molecule has 0 amide bonds. The fourth-order valence-electron chi connectivity index (χ4n) is 2.53. The topological polar surface area (TPSA) is 15.3 Å². The number of thiophene rings is 1. The van der Waals surface area contributed by atoms with Crippen LogP contribution in [0, 0.1) is 13.8 Å². The number of nitrogens with one attached hydrogen (secondary N) is 1. The Morgan fingerprint density at radius 3 is 2.60 bits per heavy atom. The molecule has 0 radical (unpaired) electrons. The van der Waals surface area contributed by atoms with Gasteiger partial charge in [-0.1, -0.05) is 23.9 Å². The van der Waals surface area contributed by atoms with Gasteiger partial charge in [0.15, 0.2) is 0 Å². The molecule has 2 nitrogen and oxygen atoms in total. The summed E-state index contributed by atoms with van der Waals surface area (Å²) in [6.45, 7) is 8.75. The van der Waals surface area contributed by atoms with Gasteiger partial charge in [0.1, 0.15) is 0 Å². The Kier molecular flexibility index (Phi) is 4.34. The smallest absolute Gasteiger partial charge is 0.0679 e. The zero-order chi connectivity index (χ0) is 13.9. The van der Waals surface area contributed by atoms with E-state index in [1.807, 2.05) is 23.1 Å². The number of anilines is 1. The standard InChI is InChI=1S/C16H20N2S2/c1-12-11-13(2)19-16(12)20-15-6-4-3-5-14(15)18-9-7-17-8-10-18/h3-6,11,17H,7-10H2,1-2H3. The minimum absolute atomic E-state index is 1.08. The highest BCUT2D eigenvalue weighted by atomic mass is 32.2. The normalized spacial score (nSPS) is 15.6. The van der Waals surface area contributed by atoms with Crippen molar-refractivity contribution < 1.29 is 0 Å². The molecule has 0 spiro atoms. The summed E-state index contributed by atoms with van der Waals surface area (Å²) in [5.41, 5.74) is 2.78. The lowest BCUT2D eigenvalue weighted by molar-refractivity contribution is 0.587. The van der Waals surface area contributed by atoms with E-state index in [9.17, 15) is 0 Å². The second kappa shape index (κ2) is 6.20. The van der Waals surface area contributed by atoms with E-state index in [0.29, 0.717) is 0 Å². The van der Waals surface area contributed by atoms with E-state index < -0.39 is 0 Å². The number of benzene rings is 1. The van der Waals surface area contributed by atoms with Crippen LogP contribution in [-0.2, 0) is 0 Å². The van der Waals surface area contributed by atoms with Crippen LogP contribution >= 0.6 is 23.1 Å². The van der Waals surface area contributed by atoms with Crippen LogP contribution in [0.1, 0.15) is 10.4 Å². The van der Waals surface area contributed by atoms with E-state index >= 15 is 0 Å². The third kappa shape index (κ3) is 3.03. The maximum atomic E-state index is 3.42. The van der Waals surface area contributed by atoms with Crippen molar-refractivity contribution >= 4 is 28.8 Å². The van der Waals surface area contributed by atoms with E-state index in [1.54, 1.807) is 0 Å². The fraction of sp³-hybridized carbons (Fsp3) is 0.375. The van der Waals surface area contributed by atoms with Crippen LogP contribution in [0.25, 0.3) is 0 Å². The van der Waals surface area contributed by atoms with E-state index in [0.717, 1.165) is 26.2 Å². The van der Waals surface area contributed by atoms with Crippen molar-refractivity contribution in [2.45, 2.75) is 23.0 Å². The Bertz CT molecular complexity index is 586. The first-order chi connectivity index (χ1) is 9.74. The molecule has 1 aliphatic rings. The highest BCUT2D eigenvalue weighted by Gasteiger charge is 2.15. The van der Waals surface area contributed by atoms with E-state index in [2.05, 4.69) is 54.4 Å². The molecule has 20 heavy (non-hydrogen) atoms. The van der Waals surface area contributed by atoms with Gasteiger partial charge in [0, 0.05) is 36.0 Å². The number of rotatable bonds is 3. The van der Waals surface area contributed by atoms with Crippen molar-refractivity contribution in [2.75, 3.05) is 31.1 Å². The summed E-state index contributed by atoms with van der Waals surface area (Å²) in [7, 11) is 0. The van der Waals surface area contributed by atoms with Gasteiger partial charge in [0.25, 0.3) is 0 Å². The molecule has 0 atom stereocenters. The second-order valence-corrected chi connectivity index (χ2v) is 7.70. The number of hydrogen-bond donors (Lipinski definition) is 1. The van der Waals surface area contributed by atoms with Crippen molar-refractivity contribution in [2.24, 2.45) is 0 Å². The number of piperazine rings is 1. The molecule has 0 unspecified atom stereocenters. The van der Waals surface area contributed by atoms with Crippen LogP contribution < -0.4 is 10.2 Å². The second-order valence-electron chi connectivity index (χ2n) is 5.13. The number of para-hydroxylation sites is 1. The van der Waals surface area contributed by atoms with Gasteiger partial charge in [-0.3, -0.25) is 0 Å². The van der Waals surface area contributed by atoms with E-state index in [-0.39, 0.29) is 0 Å². The van der Waals surface area contributed by atoms with Crippen molar-refractivity contribution in [1.29, 1.82) is 0 Å². The molecule has 1 aliphatic heterocycles. The van der Waals surface area contributed by atoms with Crippen LogP contribution in [0.15, 0.2) is 39.4 Å². The first kappa shape index (κ1) is 14.0. The van der Waals surface area contributed by atoms with Gasteiger partial charge in [-0.25, -0.2) is 0 Å². The van der Waals surface area contributed by atoms with Gasteiger partial charge in [0.2, 0.25) is 0 Å². The molecule has 1 aromatic heterocycles. The summed E-state index contributed by atoms with van der Waals surface area (Å²) in [5, 5.41) is 3.42. The monoisotopic (exact) mass is 304 g/mol. The quantitative estimate of drug-likeness (QED) is 0.925. The van der Waals surface area contributed by atoms with Crippen LogP contribution in [-0.4, -0.2) is 26.2 Å². The highest BCUT2D eigenvalue weighted by Crippen LogP contribution is 2.40. The molecule has 0 bridgehead atoms. The fourth-order valence-corrected chi connectivity index (χ4v) is 4.98. The van der Waals surface area contributed by atoms with Gasteiger partial charge < -0.3 is 10.2 Å². The average molecular weight is 304 g/mol. The molecular weight excluding hydrogens is 284 g/mol. The molecule has 1 saturated heterocycles. The van der Waals surface area contributed by atoms with E-state index in [1.165, 1.54) is 25.2 Å². The maximum absolute atomic E-state index is 3.42. The minimum Gasteiger partial charge on any atom is -0.368 e. The number of aryl methyl sites for hydroxylation is 2. The summed E-state index contributed by atoms with van der Waals surface area (Å²) in [6, 6.07) is 11.1. The maximum Gasteiger partial charge on any atom is 0.0679 e. The zero-order valence-electron chi connectivity index (χ0n) is 12.0. The average Bonchev–Trinajstić information content (AvgIpc) is 2.78. The molecule has 3 rings (SSSR count). The van der Waals surface area contributed by atoms with Crippen molar-refractivity contribution in [1.82, 2.24) is 5.32 Å². The molecule has 0 aliphatic carbocycles. The minimum atomic E-state index is 1.08. The van der Waals surface area contributed by atoms with Gasteiger partial charge in [0.05, 0.1) is 9.90 Å². The van der Waals surface area contributed by atoms with Crippen molar-refractivity contribution in [3.8, 4) is 0 Å². The van der Waals surface area contributed by atoms with Crippen LogP contribution in [0.5, 0.6) is 0 Å². The molecule has 106 valence electrons. The molecule has 2 aromatic rings. The van der Waals surface area contributed by atoms with Crippen LogP contribution in [0.3, 0.4) is 0 Å². The summed E-state index contributed by atoms with van der Waals surface area (Å²) in [4.78, 5) is 5.26. The lowest BCUT2D eigenvalue weighted by Gasteiger charge is -2.30. The summed E-state index contributed by atoms with van der Waals surface area (Å²) in [6.07, 6.45) is 0. The van der Waals surface area contributed by atoms with Gasteiger partial charge in [-0.15, -0.1) is 11.3 Å². The largest absolute Gasteiger partial charge is 0.368 e. The highest BCUT2D eigenvalue weighted by molar-refractivity contribution is 8.01. The van der Waals surface area contributed by atoms with Crippen LogP contribution in [0.4, 0.5) is 5.69 Å². The Morgan fingerprint density at radius 1 is 1.15 bits per heavy atom. The molecule has 2 heterocycles. The molecule has 4 heteroatoms. The molecule has 1 aromatic carbocycles. The molecular formula is C16H20N2S2. The predicted molar refractivity (Wildman–Crippen MR) is 89.4 cm³/mol. The number of hydrogen-bond acceptors (Lipinski definition) is 4. The van der Waals surface area contributed by atoms with Gasteiger partial charge >= 0.3 is 0 Å². The summed E-state index contributed by atoms with van der Waals surface area (Å²) >= 11 is 3.81. The molecule has 1 N–H and O–H groups in total. The third-order valence-corrected chi connectivity index (χ3v) is 6.04. The first-order valence-electron chi connectivity index (χ1n) is 7.03. The SMILES string of the molecule is Cc1cc(C)c(Sc2ccccc2N2CCNCC2)s1.